The van der Waals surface area contributed by atoms with Crippen molar-refractivity contribution in [3.05, 3.63) is 29.8 Å². The maximum absolute atomic E-state index is 11.6. The van der Waals surface area contributed by atoms with Crippen LogP contribution < -0.4 is 5.32 Å². The van der Waals surface area contributed by atoms with Gasteiger partial charge < -0.3 is 5.32 Å². The quantitative estimate of drug-likeness (QED) is 0.875. The Balaban J connectivity index is 1.34. The largest absolute Gasteiger partial charge is 0.382 e. The van der Waals surface area contributed by atoms with Crippen LogP contribution in [0.5, 0.6) is 0 Å². The van der Waals surface area contributed by atoms with Gasteiger partial charge in [0.2, 0.25) is 10.0 Å². The van der Waals surface area contributed by atoms with E-state index < -0.39 is 10.0 Å². The SMILES string of the molecule is CS(=O)(=O)N1CCC(Nc2ccc([C@H]3CC[C@H]4CCCCN43)cc2)CC1. The number of hydrogen-bond donors (Lipinski definition) is 1. The Morgan fingerprint density at radius 3 is 2.35 bits per heavy atom. The molecule has 0 aliphatic carbocycles. The van der Waals surface area contributed by atoms with E-state index in [4.69, 9.17) is 0 Å². The maximum atomic E-state index is 11.6. The summed E-state index contributed by atoms with van der Waals surface area (Å²) >= 11 is 0. The average molecular weight is 378 g/mol. The van der Waals surface area contributed by atoms with Crippen molar-refractivity contribution < 1.29 is 8.42 Å². The average Bonchev–Trinajstić information content (AvgIpc) is 3.06. The van der Waals surface area contributed by atoms with Gasteiger partial charge in [0.25, 0.3) is 0 Å². The van der Waals surface area contributed by atoms with Crippen LogP contribution in [0.4, 0.5) is 5.69 Å². The van der Waals surface area contributed by atoms with Crippen LogP contribution >= 0.6 is 0 Å². The minimum Gasteiger partial charge on any atom is -0.382 e. The molecule has 0 aromatic heterocycles. The highest BCUT2D eigenvalue weighted by molar-refractivity contribution is 7.88. The second-order valence-corrected chi connectivity index (χ2v) is 10.2. The van der Waals surface area contributed by atoms with Gasteiger partial charge in [0.05, 0.1) is 6.26 Å². The summed E-state index contributed by atoms with van der Waals surface area (Å²) in [6.07, 6.45) is 9.80. The highest BCUT2D eigenvalue weighted by Crippen LogP contribution is 2.40. The van der Waals surface area contributed by atoms with Crippen LogP contribution in [0.15, 0.2) is 24.3 Å². The molecule has 0 saturated carbocycles. The Bertz CT molecular complexity index is 711. The lowest BCUT2D eigenvalue weighted by atomic mass is 10.0. The topological polar surface area (TPSA) is 52.7 Å². The molecule has 3 aliphatic heterocycles. The summed E-state index contributed by atoms with van der Waals surface area (Å²) in [7, 11) is -3.05. The fraction of sp³-hybridized carbons (Fsp3) is 0.700. The van der Waals surface area contributed by atoms with Gasteiger partial charge in [-0.3, -0.25) is 4.90 Å². The van der Waals surface area contributed by atoms with Gasteiger partial charge >= 0.3 is 0 Å². The van der Waals surface area contributed by atoms with E-state index in [9.17, 15) is 8.42 Å². The summed E-state index contributed by atoms with van der Waals surface area (Å²) in [5.74, 6) is 0. The van der Waals surface area contributed by atoms with Crippen molar-refractivity contribution >= 4 is 15.7 Å². The van der Waals surface area contributed by atoms with Gasteiger partial charge in [0, 0.05) is 36.9 Å². The first-order chi connectivity index (χ1) is 12.5. The molecule has 6 heteroatoms. The second kappa shape index (κ2) is 7.49. The molecule has 0 radical (unpaired) electrons. The van der Waals surface area contributed by atoms with Gasteiger partial charge in [-0.1, -0.05) is 18.6 Å². The van der Waals surface area contributed by atoms with Gasteiger partial charge in [-0.25, -0.2) is 12.7 Å². The molecule has 0 spiro atoms. The van der Waals surface area contributed by atoms with Crippen LogP contribution in [0.25, 0.3) is 0 Å². The lowest BCUT2D eigenvalue weighted by Crippen LogP contribution is -2.41. The van der Waals surface area contributed by atoms with Crippen LogP contribution in [0.2, 0.25) is 0 Å². The lowest BCUT2D eigenvalue weighted by Gasteiger charge is -2.34. The van der Waals surface area contributed by atoms with Gasteiger partial charge in [-0.15, -0.1) is 0 Å². The third kappa shape index (κ3) is 3.92. The summed E-state index contributed by atoms with van der Waals surface area (Å²) in [4.78, 5) is 2.73. The van der Waals surface area contributed by atoms with Gasteiger partial charge in [0.15, 0.2) is 0 Å². The van der Waals surface area contributed by atoms with Gasteiger partial charge in [-0.05, 0) is 62.8 Å². The van der Waals surface area contributed by atoms with E-state index in [2.05, 4.69) is 34.5 Å². The van der Waals surface area contributed by atoms with E-state index >= 15 is 0 Å². The molecule has 0 amide bonds. The Morgan fingerprint density at radius 2 is 1.65 bits per heavy atom. The molecule has 4 rings (SSSR count). The minimum absolute atomic E-state index is 0.358. The first-order valence-corrected chi connectivity index (χ1v) is 11.9. The molecular weight excluding hydrogens is 346 g/mol. The minimum atomic E-state index is -3.05. The van der Waals surface area contributed by atoms with Crippen molar-refractivity contribution in [1.82, 2.24) is 9.21 Å². The molecule has 26 heavy (non-hydrogen) atoms. The zero-order valence-corrected chi connectivity index (χ0v) is 16.5. The number of rotatable bonds is 4. The number of anilines is 1. The molecule has 144 valence electrons. The predicted octanol–water partition coefficient (Wildman–Crippen LogP) is 3.21. The molecule has 0 bridgehead atoms. The highest BCUT2D eigenvalue weighted by Gasteiger charge is 2.35. The van der Waals surface area contributed by atoms with Crippen LogP contribution in [-0.4, -0.2) is 55.6 Å². The van der Waals surface area contributed by atoms with Crippen molar-refractivity contribution in [2.75, 3.05) is 31.2 Å². The number of nitrogens with one attached hydrogen (secondary N) is 1. The molecule has 2 atom stereocenters. The third-order valence-electron chi connectivity index (χ3n) is 6.44. The van der Waals surface area contributed by atoms with Gasteiger partial charge in [0.1, 0.15) is 0 Å². The van der Waals surface area contributed by atoms with Crippen molar-refractivity contribution in [3.8, 4) is 0 Å². The molecule has 3 saturated heterocycles. The Kier molecular flexibility index (Phi) is 5.26. The molecule has 1 N–H and O–H groups in total. The Hall–Kier alpha value is -1.11. The van der Waals surface area contributed by atoms with E-state index in [1.54, 1.807) is 4.31 Å². The predicted molar refractivity (Wildman–Crippen MR) is 106 cm³/mol. The third-order valence-corrected chi connectivity index (χ3v) is 7.74. The number of nitrogens with zero attached hydrogens (tertiary/aromatic N) is 2. The zero-order valence-electron chi connectivity index (χ0n) is 15.7. The Labute approximate surface area is 157 Å². The van der Waals surface area contributed by atoms with Crippen molar-refractivity contribution in [2.24, 2.45) is 0 Å². The fourth-order valence-electron chi connectivity index (χ4n) is 4.99. The maximum Gasteiger partial charge on any atom is 0.211 e. The summed E-state index contributed by atoms with van der Waals surface area (Å²) < 4.78 is 24.8. The number of fused-ring (bicyclic) bond motifs is 1. The molecule has 3 aliphatic rings. The second-order valence-electron chi connectivity index (χ2n) is 8.18. The monoisotopic (exact) mass is 377 g/mol. The molecule has 1 aromatic carbocycles. The smallest absolute Gasteiger partial charge is 0.211 e. The first kappa shape index (κ1) is 18.3. The number of benzene rings is 1. The lowest BCUT2D eigenvalue weighted by molar-refractivity contribution is 0.150. The molecule has 1 aromatic rings. The van der Waals surface area contributed by atoms with Crippen LogP contribution in [0.1, 0.15) is 56.6 Å². The first-order valence-electron chi connectivity index (χ1n) is 10.1. The number of piperidine rings is 2. The normalized spacial score (nSPS) is 28.8. The number of hydrogen-bond acceptors (Lipinski definition) is 4. The summed E-state index contributed by atoms with van der Waals surface area (Å²) in [6.45, 7) is 2.49. The zero-order chi connectivity index (χ0) is 18.1. The van der Waals surface area contributed by atoms with Crippen LogP contribution in [0, 0.1) is 0 Å². The van der Waals surface area contributed by atoms with E-state index in [1.807, 2.05) is 0 Å². The highest BCUT2D eigenvalue weighted by atomic mass is 32.2. The van der Waals surface area contributed by atoms with E-state index in [-0.39, 0.29) is 0 Å². The number of sulfonamides is 1. The molecular formula is C20H31N3O2S. The fourth-order valence-corrected chi connectivity index (χ4v) is 5.86. The van der Waals surface area contributed by atoms with Crippen molar-refractivity contribution in [3.63, 3.8) is 0 Å². The summed E-state index contributed by atoms with van der Waals surface area (Å²) in [5, 5.41) is 3.59. The van der Waals surface area contributed by atoms with E-state index in [0.29, 0.717) is 25.2 Å². The summed E-state index contributed by atoms with van der Waals surface area (Å²) in [5.41, 5.74) is 2.60. The van der Waals surface area contributed by atoms with E-state index in [1.165, 1.54) is 50.5 Å². The molecule has 5 nitrogen and oxygen atoms in total. The van der Waals surface area contributed by atoms with Crippen molar-refractivity contribution in [1.29, 1.82) is 0 Å². The van der Waals surface area contributed by atoms with Gasteiger partial charge in [-0.2, -0.15) is 0 Å². The molecule has 3 heterocycles. The van der Waals surface area contributed by atoms with Crippen molar-refractivity contribution in [2.45, 2.75) is 63.1 Å². The molecule has 0 unspecified atom stereocenters. The van der Waals surface area contributed by atoms with E-state index in [0.717, 1.165) is 24.6 Å². The standard InChI is InChI=1S/C20H31N3O2S/c1-26(24,25)22-14-11-18(12-15-22)21-17-7-5-16(6-8-17)20-10-9-19-4-2-3-13-23(19)20/h5-8,18-21H,2-4,9-15H2,1H3/t19-,20-/m1/s1. The van der Waals surface area contributed by atoms with Crippen LogP contribution in [0.3, 0.4) is 0 Å². The van der Waals surface area contributed by atoms with Crippen LogP contribution in [-0.2, 0) is 10.0 Å². The molecule has 3 fully saturated rings. The summed E-state index contributed by atoms with van der Waals surface area (Å²) in [6, 6.07) is 10.8. The Morgan fingerprint density at radius 1 is 0.923 bits per heavy atom.